The number of hydrogen-bond acceptors (Lipinski definition) is 4. The Morgan fingerprint density at radius 1 is 1.16 bits per heavy atom. The van der Waals surface area contributed by atoms with Gasteiger partial charge in [-0.05, 0) is 23.8 Å². The van der Waals surface area contributed by atoms with Gasteiger partial charge in [-0.3, -0.25) is 9.59 Å². The number of rotatable bonds is 4. The molecule has 1 heterocycles. The van der Waals surface area contributed by atoms with Gasteiger partial charge in [0.05, 0.1) is 16.4 Å². The average Bonchev–Trinajstić information content (AvgIpc) is 3.08. The number of anilines is 2. The molecule has 0 bridgehead atoms. The largest absolute Gasteiger partial charge is 0.382 e. The van der Waals surface area contributed by atoms with Gasteiger partial charge < -0.3 is 15.5 Å². The Bertz CT molecular complexity index is 837. The molecular formula is C18H16ClN3O3. The van der Waals surface area contributed by atoms with Crippen LogP contribution in [-0.2, 0) is 14.4 Å². The lowest BCUT2D eigenvalue weighted by Gasteiger charge is -2.11. The predicted octanol–water partition coefficient (Wildman–Crippen LogP) is 3.43. The van der Waals surface area contributed by atoms with Crippen LogP contribution in [0.15, 0.2) is 53.7 Å². The third-order valence-corrected chi connectivity index (χ3v) is 3.93. The molecule has 2 aromatic carbocycles. The van der Waals surface area contributed by atoms with E-state index in [-0.39, 0.29) is 11.8 Å². The monoisotopic (exact) mass is 357 g/mol. The highest BCUT2D eigenvalue weighted by Gasteiger charge is 2.28. The number of hydrogen-bond donors (Lipinski definition) is 2. The molecule has 2 N–H and O–H groups in total. The molecule has 0 saturated heterocycles. The Morgan fingerprint density at radius 3 is 2.60 bits per heavy atom. The molecule has 7 heteroatoms. The van der Waals surface area contributed by atoms with Crippen molar-refractivity contribution in [1.29, 1.82) is 0 Å². The predicted molar refractivity (Wildman–Crippen MR) is 96.9 cm³/mol. The first-order valence-corrected chi connectivity index (χ1v) is 8.07. The molecule has 6 nitrogen and oxygen atoms in total. The Labute approximate surface area is 149 Å². The third kappa shape index (κ3) is 4.16. The van der Waals surface area contributed by atoms with E-state index >= 15 is 0 Å². The fourth-order valence-electron chi connectivity index (χ4n) is 2.43. The van der Waals surface area contributed by atoms with Crippen molar-refractivity contribution in [3.05, 3.63) is 59.1 Å². The Hall–Kier alpha value is -2.86. The average molecular weight is 358 g/mol. The molecule has 0 fully saturated rings. The van der Waals surface area contributed by atoms with E-state index < -0.39 is 6.10 Å². The molecule has 1 atom stereocenters. The lowest BCUT2D eigenvalue weighted by molar-refractivity contribution is -0.125. The Kier molecular flexibility index (Phi) is 5.00. The molecule has 0 saturated carbocycles. The first-order valence-electron chi connectivity index (χ1n) is 7.69. The van der Waals surface area contributed by atoms with Crippen LogP contribution in [0.1, 0.15) is 18.9 Å². The zero-order valence-corrected chi connectivity index (χ0v) is 14.2. The first kappa shape index (κ1) is 17.0. The van der Waals surface area contributed by atoms with Gasteiger partial charge in [0, 0.05) is 19.0 Å². The van der Waals surface area contributed by atoms with Gasteiger partial charge in [0.1, 0.15) is 0 Å². The van der Waals surface area contributed by atoms with Gasteiger partial charge >= 0.3 is 0 Å². The van der Waals surface area contributed by atoms with Crippen molar-refractivity contribution >= 4 is 40.5 Å². The van der Waals surface area contributed by atoms with Crippen LogP contribution in [0.25, 0.3) is 0 Å². The van der Waals surface area contributed by atoms with E-state index in [0.29, 0.717) is 22.8 Å². The van der Waals surface area contributed by atoms with Crippen LogP contribution in [0.3, 0.4) is 0 Å². The molecule has 1 aliphatic heterocycles. The Balaban J connectivity index is 1.62. The molecule has 0 aliphatic carbocycles. The fourth-order valence-corrected chi connectivity index (χ4v) is 2.65. The van der Waals surface area contributed by atoms with Crippen LogP contribution in [0.4, 0.5) is 11.4 Å². The molecule has 0 radical (unpaired) electrons. The van der Waals surface area contributed by atoms with Gasteiger partial charge in [0.25, 0.3) is 5.91 Å². The smallest absolute Gasteiger partial charge is 0.268 e. The number of nitrogens with zero attached hydrogens (tertiary/aromatic N) is 1. The maximum absolute atomic E-state index is 12.3. The van der Waals surface area contributed by atoms with Crippen molar-refractivity contribution < 1.29 is 14.4 Å². The van der Waals surface area contributed by atoms with Crippen LogP contribution in [0.2, 0.25) is 5.02 Å². The first-order chi connectivity index (χ1) is 12.0. The highest BCUT2D eigenvalue weighted by atomic mass is 35.5. The van der Waals surface area contributed by atoms with Crippen molar-refractivity contribution in [2.24, 2.45) is 5.16 Å². The summed E-state index contributed by atoms with van der Waals surface area (Å²) in [5.41, 5.74) is 2.67. The van der Waals surface area contributed by atoms with Crippen LogP contribution >= 0.6 is 11.6 Å². The number of halogens is 1. The summed E-state index contributed by atoms with van der Waals surface area (Å²) in [5, 5.41) is 9.68. The van der Waals surface area contributed by atoms with E-state index in [0.717, 1.165) is 11.3 Å². The van der Waals surface area contributed by atoms with Crippen molar-refractivity contribution in [3.8, 4) is 0 Å². The lowest BCUT2D eigenvalue weighted by atomic mass is 10.0. The summed E-state index contributed by atoms with van der Waals surface area (Å²) in [7, 11) is 0. The summed E-state index contributed by atoms with van der Waals surface area (Å²) in [5.74, 6) is -0.526. The summed E-state index contributed by atoms with van der Waals surface area (Å²) in [6.45, 7) is 1.40. The molecule has 3 rings (SSSR count). The molecule has 1 aliphatic rings. The molecule has 0 spiro atoms. The maximum atomic E-state index is 12.3. The van der Waals surface area contributed by atoms with Crippen LogP contribution in [0.5, 0.6) is 0 Å². The Morgan fingerprint density at radius 2 is 1.92 bits per heavy atom. The number of oxime groups is 1. The minimum atomic E-state index is -0.691. The SMILES string of the molecule is CC(=O)Nc1ccc(NC(=O)[C@@H]2CC(c3ccccc3)=NO2)cc1Cl. The van der Waals surface area contributed by atoms with E-state index in [4.69, 9.17) is 16.4 Å². The zero-order chi connectivity index (χ0) is 17.8. The minimum absolute atomic E-state index is 0.219. The molecular weight excluding hydrogens is 342 g/mol. The van der Waals surface area contributed by atoms with Gasteiger partial charge in [-0.15, -0.1) is 0 Å². The molecule has 0 aromatic heterocycles. The summed E-state index contributed by atoms with van der Waals surface area (Å²) < 4.78 is 0. The van der Waals surface area contributed by atoms with Gasteiger partial charge in [-0.25, -0.2) is 0 Å². The standard InChI is InChI=1S/C18H16ClN3O3/c1-11(23)20-15-8-7-13(9-14(15)19)21-18(24)17-10-16(22-25-17)12-5-3-2-4-6-12/h2-9,17H,10H2,1H3,(H,20,23)(H,21,24)/t17-/m0/s1. The lowest BCUT2D eigenvalue weighted by Crippen LogP contribution is -2.28. The number of nitrogens with one attached hydrogen (secondary N) is 2. The van der Waals surface area contributed by atoms with Crippen molar-refractivity contribution in [3.63, 3.8) is 0 Å². The van der Waals surface area contributed by atoms with Crippen molar-refractivity contribution in [1.82, 2.24) is 0 Å². The van der Waals surface area contributed by atoms with E-state index in [2.05, 4.69) is 15.8 Å². The highest BCUT2D eigenvalue weighted by molar-refractivity contribution is 6.34. The zero-order valence-electron chi connectivity index (χ0n) is 13.5. The summed E-state index contributed by atoms with van der Waals surface area (Å²) in [4.78, 5) is 28.7. The molecule has 2 aromatic rings. The second-order valence-electron chi connectivity index (χ2n) is 5.57. The van der Waals surface area contributed by atoms with Crippen molar-refractivity contribution in [2.45, 2.75) is 19.4 Å². The second kappa shape index (κ2) is 7.36. The van der Waals surface area contributed by atoms with Gasteiger partial charge in [-0.2, -0.15) is 0 Å². The van der Waals surface area contributed by atoms with Crippen LogP contribution < -0.4 is 10.6 Å². The number of amides is 2. The van der Waals surface area contributed by atoms with Gasteiger partial charge in [0.2, 0.25) is 12.0 Å². The van der Waals surface area contributed by atoms with Crippen LogP contribution in [0, 0.1) is 0 Å². The number of carbonyl (C=O) groups excluding carboxylic acids is 2. The van der Waals surface area contributed by atoms with E-state index in [1.165, 1.54) is 6.92 Å². The number of benzene rings is 2. The normalized spacial score (nSPS) is 15.9. The second-order valence-corrected chi connectivity index (χ2v) is 5.97. The summed E-state index contributed by atoms with van der Waals surface area (Å²) in [6.07, 6.45) is -0.294. The molecule has 2 amide bonds. The highest BCUT2D eigenvalue weighted by Crippen LogP contribution is 2.26. The van der Waals surface area contributed by atoms with Gasteiger partial charge in [-0.1, -0.05) is 47.1 Å². The van der Waals surface area contributed by atoms with E-state index in [1.54, 1.807) is 18.2 Å². The quantitative estimate of drug-likeness (QED) is 0.879. The fraction of sp³-hybridized carbons (Fsp3) is 0.167. The van der Waals surface area contributed by atoms with Crippen LogP contribution in [-0.4, -0.2) is 23.6 Å². The minimum Gasteiger partial charge on any atom is -0.382 e. The van der Waals surface area contributed by atoms with E-state index in [9.17, 15) is 9.59 Å². The summed E-state index contributed by atoms with van der Waals surface area (Å²) in [6, 6.07) is 14.4. The summed E-state index contributed by atoms with van der Waals surface area (Å²) >= 11 is 6.10. The number of carbonyl (C=O) groups is 2. The molecule has 25 heavy (non-hydrogen) atoms. The topological polar surface area (TPSA) is 79.8 Å². The third-order valence-electron chi connectivity index (χ3n) is 3.62. The maximum Gasteiger partial charge on any atom is 0.268 e. The van der Waals surface area contributed by atoms with Crippen molar-refractivity contribution in [2.75, 3.05) is 10.6 Å². The van der Waals surface area contributed by atoms with E-state index in [1.807, 2.05) is 30.3 Å². The molecule has 128 valence electrons. The van der Waals surface area contributed by atoms with Gasteiger partial charge in [0.15, 0.2) is 0 Å². The molecule has 0 unspecified atom stereocenters.